The summed E-state index contributed by atoms with van der Waals surface area (Å²) in [6.45, 7) is 7.23. The summed E-state index contributed by atoms with van der Waals surface area (Å²) in [6.07, 6.45) is -1.12. The second kappa shape index (κ2) is 10.2. The van der Waals surface area contributed by atoms with Gasteiger partial charge in [0.1, 0.15) is 18.1 Å². The lowest BCUT2D eigenvalue weighted by Crippen LogP contribution is -2.18. The first-order valence-electron chi connectivity index (χ1n) is 9.74. The minimum Gasteiger partial charge on any atom is -0.489 e. The Kier molecular flexibility index (Phi) is 7.22. The van der Waals surface area contributed by atoms with Gasteiger partial charge in [-0.15, -0.1) is 0 Å². The molecule has 0 saturated carbocycles. The van der Waals surface area contributed by atoms with E-state index in [-0.39, 0.29) is 17.9 Å². The third-order valence-electron chi connectivity index (χ3n) is 4.32. The normalized spacial score (nSPS) is 11.4. The number of carbonyl (C=O) groups excluding carboxylic acids is 2. The molecule has 0 aliphatic rings. The molecular formula is C24H23NO6. The molecule has 7 heteroatoms. The largest absolute Gasteiger partial charge is 0.489 e. The van der Waals surface area contributed by atoms with Gasteiger partial charge in [-0.25, -0.2) is 4.79 Å². The van der Waals surface area contributed by atoms with E-state index in [4.69, 9.17) is 18.7 Å². The average molecular weight is 421 g/mol. The number of benzene rings is 2. The number of aromatic nitrogens is 1. The van der Waals surface area contributed by atoms with Crippen molar-refractivity contribution in [3.63, 3.8) is 0 Å². The first-order chi connectivity index (χ1) is 15.0. The van der Waals surface area contributed by atoms with Crippen LogP contribution in [0.5, 0.6) is 5.75 Å². The van der Waals surface area contributed by atoms with Crippen LogP contribution < -0.4 is 4.74 Å². The zero-order valence-corrected chi connectivity index (χ0v) is 17.4. The maximum atomic E-state index is 12.0. The molecule has 0 aliphatic carbocycles. The second-order valence-corrected chi connectivity index (χ2v) is 6.65. The van der Waals surface area contributed by atoms with Gasteiger partial charge in [-0.05, 0) is 36.8 Å². The average Bonchev–Trinajstić information content (AvgIpc) is 3.26. The maximum absolute atomic E-state index is 12.0. The molecule has 0 fully saturated rings. The third kappa shape index (κ3) is 5.82. The molecule has 2 aromatic carbocycles. The molecule has 1 unspecified atom stereocenters. The molecule has 0 spiro atoms. The van der Waals surface area contributed by atoms with Gasteiger partial charge in [-0.3, -0.25) is 4.79 Å². The minimum absolute atomic E-state index is 0.0515. The van der Waals surface area contributed by atoms with Crippen LogP contribution in [0.25, 0.3) is 11.3 Å². The smallest absolute Gasteiger partial charge is 0.337 e. The van der Waals surface area contributed by atoms with Crippen molar-refractivity contribution in [3.8, 4) is 17.0 Å². The Hall–Kier alpha value is -3.87. The molecule has 3 rings (SSSR count). The maximum Gasteiger partial charge on any atom is 0.337 e. The van der Waals surface area contributed by atoms with Crippen LogP contribution in [0.1, 0.15) is 31.3 Å². The summed E-state index contributed by atoms with van der Waals surface area (Å²) in [5, 5.41) is 4.03. The lowest BCUT2D eigenvalue weighted by Gasteiger charge is -2.15. The van der Waals surface area contributed by atoms with E-state index in [2.05, 4.69) is 11.7 Å². The van der Waals surface area contributed by atoms with Crippen LogP contribution in [0, 0.1) is 0 Å². The summed E-state index contributed by atoms with van der Waals surface area (Å²) in [7, 11) is 0. The van der Waals surface area contributed by atoms with Crippen LogP contribution in [0.2, 0.25) is 0 Å². The zero-order chi connectivity index (χ0) is 22.2. The van der Waals surface area contributed by atoms with Crippen molar-refractivity contribution in [2.45, 2.75) is 26.6 Å². The van der Waals surface area contributed by atoms with E-state index < -0.39 is 18.0 Å². The van der Waals surface area contributed by atoms with Crippen molar-refractivity contribution < 1.29 is 28.3 Å². The number of esters is 2. The van der Waals surface area contributed by atoms with Gasteiger partial charge in [0.2, 0.25) is 0 Å². The summed E-state index contributed by atoms with van der Waals surface area (Å²) in [5.41, 5.74) is 2.30. The highest BCUT2D eigenvalue weighted by Crippen LogP contribution is 2.30. The van der Waals surface area contributed by atoms with Crippen molar-refractivity contribution in [1.82, 2.24) is 5.16 Å². The summed E-state index contributed by atoms with van der Waals surface area (Å²) >= 11 is 0. The van der Waals surface area contributed by atoms with E-state index in [1.807, 2.05) is 54.6 Å². The quantitative estimate of drug-likeness (QED) is 0.367. The first kappa shape index (κ1) is 21.8. The standard InChI is InChI=1S/C24H23NO6/c1-4-28-24(27)16(2)23(30-17(3)26)22-14-21(25-31-22)19-10-12-20(13-11-19)29-15-18-8-6-5-7-9-18/h5-14,23H,2,4,15H2,1,3H3. The molecule has 31 heavy (non-hydrogen) atoms. The molecule has 3 aromatic rings. The molecule has 1 atom stereocenters. The Balaban J connectivity index is 1.72. The number of hydrogen-bond acceptors (Lipinski definition) is 7. The van der Waals surface area contributed by atoms with E-state index in [0.29, 0.717) is 18.1 Å². The summed E-state index contributed by atoms with van der Waals surface area (Å²) in [6, 6.07) is 18.8. The van der Waals surface area contributed by atoms with E-state index in [9.17, 15) is 9.59 Å². The molecule has 0 N–H and O–H groups in total. The van der Waals surface area contributed by atoms with Crippen molar-refractivity contribution in [3.05, 3.63) is 84.1 Å². The molecule has 160 valence electrons. The highest BCUT2D eigenvalue weighted by Gasteiger charge is 2.29. The third-order valence-corrected chi connectivity index (χ3v) is 4.32. The highest BCUT2D eigenvalue weighted by molar-refractivity contribution is 5.89. The number of rotatable bonds is 9. The topological polar surface area (TPSA) is 87.9 Å². The lowest BCUT2D eigenvalue weighted by atomic mass is 10.1. The van der Waals surface area contributed by atoms with Crippen molar-refractivity contribution >= 4 is 11.9 Å². The van der Waals surface area contributed by atoms with Crippen molar-refractivity contribution in [2.75, 3.05) is 6.61 Å². The van der Waals surface area contributed by atoms with Crippen molar-refractivity contribution in [1.29, 1.82) is 0 Å². The minimum atomic E-state index is -1.12. The SMILES string of the molecule is C=C(C(=O)OCC)C(OC(C)=O)c1cc(-c2ccc(OCc3ccccc3)cc2)no1. The Bertz CT molecular complexity index is 1040. The predicted molar refractivity (Wildman–Crippen MR) is 113 cm³/mol. The predicted octanol–water partition coefficient (Wildman–Crippen LogP) is 4.64. The molecular weight excluding hydrogens is 398 g/mol. The van der Waals surface area contributed by atoms with Crippen molar-refractivity contribution in [2.24, 2.45) is 0 Å². The van der Waals surface area contributed by atoms with Crippen LogP contribution in [-0.4, -0.2) is 23.7 Å². The fourth-order valence-corrected chi connectivity index (χ4v) is 2.81. The van der Waals surface area contributed by atoms with Gasteiger partial charge in [0, 0.05) is 18.6 Å². The van der Waals surface area contributed by atoms with Gasteiger partial charge < -0.3 is 18.7 Å². The first-order valence-corrected chi connectivity index (χ1v) is 9.74. The van der Waals surface area contributed by atoms with E-state index in [1.54, 1.807) is 13.0 Å². The molecule has 0 radical (unpaired) electrons. The number of ether oxygens (including phenoxy) is 3. The molecule has 0 bridgehead atoms. The Morgan fingerprint density at radius 2 is 1.81 bits per heavy atom. The lowest BCUT2D eigenvalue weighted by molar-refractivity contribution is -0.148. The molecule has 0 aliphatic heterocycles. The van der Waals surface area contributed by atoms with Gasteiger partial charge in [0.25, 0.3) is 0 Å². The van der Waals surface area contributed by atoms with Gasteiger partial charge in [0.15, 0.2) is 11.9 Å². The summed E-state index contributed by atoms with van der Waals surface area (Å²) in [5.74, 6) is -0.377. The molecule has 7 nitrogen and oxygen atoms in total. The number of carbonyl (C=O) groups is 2. The molecule has 1 heterocycles. The van der Waals surface area contributed by atoms with Gasteiger partial charge in [-0.2, -0.15) is 0 Å². The van der Waals surface area contributed by atoms with Gasteiger partial charge in [0.05, 0.1) is 12.2 Å². The van der Waals surface area contributed by atoms with Crippen LogP contribution >= 0.6 is 0 Å². The Labute approximate surface area is 180 Å². The van der Waals surface area contributed by atoms with E-state index >= 15 is 0 Å². The summed E-state index contributed by atoms with van der Waals surface area (Å²) < 4.78 is 21.3. The highest BCUT2D eigenvalue weighted by atomic mass is 16.6. The van der Waals surface area contributed by atoms with Gasteiger partial charge >= 0.3 is 11.9 Å². The number of nitrogens with zero attached hydrogens (tertiary/aromatic N) is 1. The molecule has 0 saturated heterocycles. The van der Waals surface area contributed by atoms with Crippen LogP contribution in [-0.2, 0) is 25.7 Å². The Morgan fingerprint density at radius 1 is 1.10 bits per heavy atom. The van der Waals surface area contributed by atoms with Crippen LogP contribution in [0.4, 0.5) is 0 Å². The van der Waals surface area contributed by atoms with Crippen LogP contribution in [0.15, 0.2) is 77.3 Å². The second-order valence-electron chi connectivity index (χ2n) is 6.65. The van der Waals surface area contributed by atoms with Gasteiger partial charge in [-0.1, -0.05) is 42.1 Å². The fourth-order valence-electron chi connectivity index (χ4n) is 2.81. The van der Waals surface area contributed by atoms with Crippen LogP contribution in [0.3, 0.4) is 0 Å². The zero-order valence-electron chi connectivity index (χ0n) is 17.4. The monoisotopic (exact) mass is 421 g/mol. The van der Waals surface area contributed by atoms with E-state index in [1.165, 1.54) is 6.92 Å². The van der Waals surface area contributed by atoms with E-state index in [0.717, 1.165) is 11.1 Å². The number of hydrogen-bond donors (Lipinski definition) is 0. The summed E-state index contributed by atoms with van der Waals surface area (Å²) in [4.78, 5) is 23.5. The molecule has 1 aromatic heterocycles. The molecule has 0 amide bonds. The Morgan fingerprint density at radius 3 is 2.45 bits per heavy atom. The fraction of sp³-hybridized carbons (Fsp3) is 0.208.